The Balaban J connectivity index is 2.35. The molecule has 0 aliphatic heterocycles. The van der Waals surface area contributed by atoms with Crippen molar-refractivity contribution in [3.8, 4) is 0 Å². The van der Waals surface area contributed by atoms with Gasteiger partial charge in [0, 0.05) is 12.1 Å². The summed E-state index contributed by atoms with van der Waals surface area (Å²) in [6.45, 7) is 8.62. The minimum atomic E-state index is -0.409. The largest absolute Gasteiger partial charge is 0.462 e. The number of hydrogen-bond acceptors (Lipinski definition) is 4. The number of aryl methyl sites for hydroxylation is 1. The molecule has 5 heteroatoms. The molecule has 0 bridgehead atoms. The summed E-state index contributed by atoms with van der Waals surface area (Å²) in [5.41, 5.74) is 4.32. The van der Waals surface area contributed by atoms with E-state index >= 15 is 0 Å². The van der Waals surface area contributed by atoms with Gasteiger partial charge in [-0.1, -0.05) is 12.1 Å². The molecule has 132 valence electrons. The summed E-state index contributed by atoms with van der Waals surface area (Å²) in [6.07, 6.45) is 0. The van der Waals surface area contributed by atoms with Crippen LogP contribution in [0.2, 0.25) is 0 Å². The predicted octanol–water partition coefficient (Wildman–Crippen LogP) is 4.16. The molecule has 2 aromatic rings. The Morgan fingerprint density at radius 2 is 1.80 bits per heavy atom. The lowest BCUT2D eigenvalue weighted by Crippen LogP contribution is -2.16. The quantitative estimate of drug-likeness (QED) is 0.775. The second kappa shape index (κ2) is 8.33. The zero-order chi connectivity index (χ0) is 18.4. The lowest BCUT2D eigenvalue weighted by Gasteiger charge is -2.15. The van der Waals surface area contributed by atoms with Crippen LogP contribution in [0.15, 0.2) is 36.4 Å². The normalized spacial score (nSPS) is 10.2. The highest BCUT2D eigenvalue weighted by atomic mass is 16.5. The molecule has 25 heavy (non-hydrogen) atoms. The highest BCUT2D eigenvalue weighted by Gasteiger charge is 2.15. The molecule has 5 nitrogen and oxygen atoms in total. The van der Waals surface area contributed by atoms with Gasteiger partial charge in [0.2, 0.25) is 0 Å². The SMILES string of the molecule is CCNc1ccc(C(=O)OCC)cc1NC(=O)c1cccc(C)c1C. The summed E-state index contributed by atoms with van der Waals surface area (Å²) in [4.78, 5) is 24.7. The third-order valence-corrected chi connectivity index (χ3v) is 4.00. The monoisotopic (exact) mass is 340 g/mol. The standard InChI is InChI=1S/C20H24N2O3/c1-5-21-17-11-10-15(20(24)25-6-2)12-18(17)22-19(23)16-9-7-8-13(3)14(16)4/h7-12,21H,5-6H2,1-4H3,(H,22,23). The van der Waals surface area contributed by atoms with Crippen molar-refractivity contribution in [2.24, 2.45) is 0 Å². The van der Waals surface area contributed by atoms with Gasteiger partial charge in [0.15, 0.2) is 0 Å². The highest BCUT2D eigenvalue weighted by molar-refractivity contribution is 6.07. The number of ether oxygens (including phenoxy) is 1. The van der Waals surface area contributed by atoms with E-state index < -0.39 is 5.97 Å². The summed E-state index contributed by atoms with van der Waals surface area (Å²) in [6, 6.07) is 10.7. The number of benzene rings is 2. The summed E-state index contributed by atoms with van der Waals surface area (Å²) in [7, 11) is 0. The maximum atomic E-state index is 12.7. The number of anilines is 2. The molecule has 0 saturated heterocycles. The van der Waals surface area contributed by atoms with Gasteiger partial charge >= 0.3 is 5.97 Å². The first-order chi connectivity index (χ1) is 12.0. The zero-order valence-electron chi connectivity index (χ0n) is 15.1. The molecule has 2 rings (SSSR count). The van der Waals surface area contributed by atoms with Gasteiger partial charge in [-0.3, -0.25) is 4.79 Å². The Kier molecular flexibility index (Phi) is 6.17. The number of carbonyl (C=O) groups excluding carboxylic acids is 2. The van der Waals surface area contributed by atoms with Gasteiger partial charge in [0.25, 0.3) is 5.91 Å². The molecule has 0 atom stereocenters. The van der Waals surface area contributed by atoms with Crippen molar-refractivity contribution in [3.63, 3.8) is 0 Å². The average Bonchev–Trinajstić information content (AvgIpc) is 2.59. The van der Waals surface area contributed by atoms with Gasteiger partial charge in [0.1, 0.15) is 0 Å². The zero-order valence-corrected chi connectivity index (χ0v) is 15.1. The molecule has 0 aliphatic carbocycles. The summed E-state index contributed by atoms with van der Waals surface area (Å²) in [5.74, 6) is -0.617. The molecule has 0 heterocycles. The molecule has 0 spiro atoms. The highest BCUT2D eigenvalue weighted by Crippen LogP contribution is 2.25. The number of hydrogen-bond donors (Lipinski definition) is 2. The van der Waals surface area contributed by atoms with Crippen LogP contribution < -0.4 is 10.6 Å². The van der Waals surface area contributed by atoms with Gasteiger partial charge in [0.05, 0.1) is 23.5 Å². The van der Waals surface area contributed by atoms with Crippen LogP contribution in [-0.4, -0.2) is 25.0 Å². The first-order valence-corrected chi connectivity index (χ1v) is 8.40. The molecule has 2 N–H and O–H groups in total. The molecule has 0 aromatic heterocycles. The molecule has 0 aliphatic rings. The fraction of sp³-hybridized carbons (Fsp3) is 0.300. The van der Waals surface area contributed by atoms with Crippen LogP contribution >= 0.6 is 0 Å². The summed E-state index contributed by atoms with van der Waals surface area (Å²) in [5, 5.41) is 6.10. The molecule has 0 saturated carbocycles. The Labute approximate surface area is 148 Å². The lowest BCUT2D eigenvalue weighted by atomic mass is 10.0. The number of esters is 1. The van der Waals surface area contributed by atoms with Crippen molar-refractivity contribution < 1.29 is 14.3 Å². The second-order valence-electron chi connectivity index (χ2n) is 5.71. The first kappa shape index (κ1) is 18.5. The molecular formula is C20H24N2O3. The number of nitrogens with one attached hydrogen (secondary N) is 2. The Morgan fingerprint density at radius 3 is 2.48 bits per heavy atom. The smallest absolute Gasteiger partial charge is 0.338 e. The van der Waals surface area contributed by atoms with Crippen molar-refractivity contribution in [2.45, 2.75) is 27.7 Å². The van der Waals surface area contributed by atoms with Crippen LogP contribution in [0.1, 0.15) is 45.7 Å². The molecule has 2 aromatic carbocycles. The minimum absolute atomic E-state index is 0.207. The molecule has 0 radical (unpaired) electrons. The predicted molar refractivity (Wildman–Crippen MR) is 100 cm³/mol. The fourth-order valence-electron chi connectivity index (χ4n) is 2.52. The second-order valence-corrected chi connectivity index (χ2v) is 5.71. The van der Waals surface area contributed by atoms with E-state index in [-0.39, 0.29) is 5.91 Å². The fourth-order valence-corrected chi connectivity index (χ4v) is 2.52. The lowest BCUT2D eigenvalue weighted by molar-refractivity contribution is 0.0526. The molecule has 1 amide bonds. The van der Waals surface area contributed by atoms with Crippen molar-refractivity contribution in [2.75, 3.05) is 23.8 Å². The van der Waals surface area contributed by atoms with E-state index in [0.717, 1.165) is 16.8 Å². The van der Waals surface area contributed by atoms with Crippen LogP contribution in [0.25, 0.3) is 0 Å². The average molecular weight is 340 g/mol. The maximum Gasteiger partial charge on any atom is 0.338 e. The van der Waals surface area contributed by atoms with Crippen LogP contribution in [-0.2, 0) is 4.74 Å². The first-order valence-electron chi connectivity index (χ1n) is 8.40. The summed E-state index contributed by atoms with van der Waals surface area (Å²) >= 11 is 0. The topological polar surface area (TPSA) is 67.4 Å². The maximum absolute atomic E-state index is 12.7. The van der Waals surface area contributed by atoms with E-state index in [0.29, 0.717) is 30.0 Å². The van der Waals surface area contributed by atoms with Crippen LogP contribution in [0.5, 0.6) is 0 Å². The molecule has 0 unspecified atom stereocenters. The minimum Gasteiger partial charge on any atom is -0.462 e. The third kappa shape index (κ3) is 4.38. The number of amides is 1. The van der Waals surface area contributed by atoms with Gasteiger partial charge in [-0.05, 0) is 63.1 Å². The number of rotatable bonds is 6. The Bertz CT molecular complexity index is 785. The van der Waals surface area contributed by atoms with Crippen LogP contribution in [0.3, 0.4) is 0 Å². The van der Waals surface area contributed by atoms with E-state index in [1.807, 2.05) is 32.9 Å². The van der Waals surface area contributed by atoms with Crippen LogP contribution in [0.4, 0.5) is 11.4 Å². The molecule has 0 fully saturated rings. The van der Waals surface area contributed by atoms with Gasteiger partial charge in [-0.25, -0.2) is 4.79 Å². The van der Waals surface area contributed by atoms with E-state index in [9.17, 15) is 9.59 Å². The Morgan fingerprint density at radius 1 is 1.04 bits per heavy atom. The van der Waals surface area contributed by atoms with Gasteiger partial charge < -0.3 is 15.4 Å². The van der Waals surface area contributed by atoms with Crippen molar-refractivity contribution in [3.05, 3.63) is 58.7 Å². The third-order valence-electron chi connectivity index (χ3n) is 4.00. The van der Waals surface area contributed by atoms with E-state index in [1.54, 1.807) is 31.2 Å². The van der Waals surface area contributed by atoms with Crippen molar-refractivity contribution in [1.29, 1.82) is 0 Å². The van der Waals surface area contributed by atoms with Gasteiger partial charge in [-0.2, -0.15) is 0 Å². The van der Waals surface area contributed by atoms with Crippen molar-refractivity contribution >= 4 is 23.3 Å². The Hall–Kier alpha value is -2.82. The number of carbonyl (C=O) groups is 2. The summed E-state index contributed by atoms with van der Waals surface area (Å²) < 4.78 is 5.04. The van der Waals surface area contributed by atoms with Gasteiger partial charge in [-0.15, -0.1) is 0 Å². The van der Waals surface area contributed by atoms with E-state index in [4.69, 9.17) is 4.74 Å². The van der Waals surface area contributed by atoms with E-state index in [1.165, 1.54) is 0 Å². The van der Waals surface area contributed by atoms with Crippen LogP contribution in [0, 0.1) is 13.8 Å². The molecular weight excluding hydrogens is 316 g/mol. The van der Waals surface area contributed by atoms with Crippen molar-refractivity contribution in [1.82, 2.24) is 0 Å². The van der Waals surface area contributed by atoms with E-state index in [2.05, 4.69) is 10.6 Å².